The molecule has 1 heterocycles. The normalized spacial score (nSPS) is 21.1. The highest BCUT2D eigenvalue weighted by molar-refractivity contribution is 5.45. The molecule has 0 amide bonds. The molecule has 104 valence electrons. The van der Waals surface area contributed by atoms with E-state index in [9.17, 15) is 20.4 Å². The summed E-state index contributed by atoms with van der Waals surface area (Å²) in [5.41, 5.74) is 1.37. The van der Waals surface area contributed by atoms with Gasteiger partial charge in [0.2, 0.25) is 0 Å². The number of rotatable bonds is 1. The van der Waals surface area contributed by atoms with Gasteiger partial charge in [-0.15, -0.1) is 0 Å². The quantitative estimate of drug-likeness (QED) is 0.596. The van der Waals surface area contributed by atoms with Gasteiger partial charge in [0.15, 0.2) is 11.5 Å². The molecule has 2 atom stereocenters. The number of aromatic hydroxyl groups is 3. The van der Waals surface area contributed by atoms with Crippen molar-refractivity contribution >= 4 is 0 Å². The van der Waals surface area contributed by atoms with Crippen LogP contribution in [0.5, 0.6) is 23.0 Å². The zero-order valence-electron chi connectivity index (χ0n) is 10.5. The Morgan fingerprint density at radius 1 is 0.950 bits per heavy atom. The van der Waals surface area contributed by atoms with Crippen molar-refractivity contribution < 1.29 is 25.2 Å². The van der Waals surface area contributed by atoms with Crippen LogP contribution in [0.25, 0.3) is 0 Å². The highest BCUT2D eigenvalue weighted by atomic mass is 16.5. The number of aliphatic hydroxyl groups excluding tert-OH is 1. The number of phenolic OH excluding ortho intramolecular Hbond substituents is 3. The Morgan fingerprint density at radius 3 is 2.50 bits per heavy atom. The van der Waals surface area contributed by atoms with Gasteiger partial charge in [0.1, 0.15) is 17.6 Å². The molecule has 4 N–H and O–H groups in total. The van der Waals surface area contributed by atoms with Crippen molar-refractivity contribution in [3.05, 3.63) is 47.5 Å². The minimum atomic E-state index is -0.768. The fraction of sp³-hybridized carbons (Fsp3) is 0.200. The second kappa shape index (κ2) is 4.61. The molecule has 0 radical (unpaired) electrons. The van der Waals surface area contributed by atoms with E-state index in [1.54, 1.807) is 18.2 Å². The van der Waals surface area contributed by atoms with Gasteiger partial charge in [-0.2, -0.15) is 0 Å². The van der Waals surface area contributed by atoms with Gasteiger partial charge in [0.25, 0.3) is 0 Å². The van der Waals surface area contributed by atoms with Crippen LogP contribution < -0.4 is 4.74 Å². The third-order valence-corrected chi connectivity index (χ3v) is 3.41. The molecule has 0 saturated carbocycles. The Balaban J connectivity index is 1.97. The molecule has 2 aromatic rings. The predicted molar refractivity (Wildman–Crippen MR) is 71.0 cm³/mol. The molecule has 0 aromatic heterocycles. The lowest BCUT2D eigenvalue weighted by Crippen LogP contribution is -2.30. The Morgan fingerprint density at radius 2 is 1.75 bits per heavy atom. The molecule has 5 nitrogen and oxygen atoms in total. The van der Waals surface area contributed by atoms with Crippen molar-refractivity contribution in [2.45, 2.75) is 18.6 Å². The average Bonchev–Trinajstić information content (AvgIpc) is 2.42. The van der Waals surface area contributed by atoms with Crippen molar-refractivity contribution in [1.82, 2.24) is 0 Å². The van der Waals surface area contributed by atoms with E-state index < -0.39 is 12.2 Å². The van der Waals surface area contributed by atoms with Gasteiger partial charge in [0, 0.05) is 12.5 Å². The van der Waals surface area contributed by atoms with Crippen LogP contribution in [0.2, 0.25) is 0 Å². The van der Waals surface area contributed by atoms with Crippen molar-refractivity contribution in [2.75, 3.05) is 0 Å². The summed E-state index contributed by atoms with van der Waals surface area (Å²) >= 11 is 0. The Labute approximate surface area is 115 Å². The Kier molecular flexibility index (Phi) is 2.91. The number of ether oxygens (including phenoxy) is 1. The van der Waals surface area contributed by atoms with Gasteiger partial charge in [-0.1, -0.05) is 12.1 Å². The van der Waals surface area contributed by atoms with Crippen LogP contribution in [0.1, 0.15) is 17.2 Å². The molecule has 1 aliphatic heterocycles. The van der Waals surface area contributed by atoms with Crippen LogP contribution in [0, 0.1) is 0 Å². The molecule has 3 rings (SSSR count). The third kappa shape index (κ3) is 2.12. The van der Waals surface area contributed by atoms with Crippen LogP contribution in [0.3, 0.4) is 0 Å². The minimum absolute atomic E-state index is 0.0902. The number of hydrogen-bond donors (Lipinski definition) is 4. The first-order chi connectivity index (χ1) is 9.54. The predicted octanol–water partition coefficient (Wildman–Crippen LogP) is 1.84. The largest absolute Gasteiger partial charge is 0.508 e. The molecule has 2 aromatic carbocycles. The van der Waals surface area contributed by atoms with Crippen LogP contribution in [-0.2, 0) is 6.42 Å². The fourth-order valence-electron chi connectivity index (χ4n) is 2.38. The second-order valence-electron chi connectivity index (χ2n) is 4.85. The summed E-state index contributed by atoms with van der Waals surface area (Å²) < 4.78 is 5.70. The van der Waals surface area contributed by atoms with E-state index in [1.807, 2.05) is 0 Å². The summed E-state index contributed by atoms with van der Waals surface area (Å²) in [6.07, 6.45) is -1.03. The second-order valence-corrected chi connectivity index (χ2v) is 4.85. The van der Waals surface area contributed by atoms with Crippen molar-refractivity contribution in [1.29, 1.82) is 0 Å². The molecule has 0 aliphatic carbocycles. The SMILES string of the molecule is Oc1ccc2c(c1)O[C@H](c1ccc(O)c(O)c1)[C@H](O)C2. The van der Waals surface area contributed by atoms with E-state index in [1.165, 1.54) is 18.2 Å². The molecule has 0 bridgehead atoms. The summed E-state index contributed by atoms with van der Waals surface area (Å²) in [5, 5.41) is 38.5. The number of fused-ring (bicyclic) bond motifs is 1. The van der Waals surface area contributed by atoms with E-state index >= 15 is 0 Å². The van der Waals surface area contributed by atoms with Crippen LogP contribution >= 0.6 is 0 Å². The van der Waals surface area contributed by atoms with E-state index in [2.05, 4.69) is 0 Å². The molecular weight excluding hydrogens is 260 g/mol. The molecule has 0 fully saturated rings. The Hall–Kier alpha value is -2.40. The highest BCUT2D eigenvalue weighted by Gasteiger charge is 2.30. The fourth-order valence-corrected chi connectivity index (χ4v) is 2.38. The first-order valence-electron chi connectivity index (χ1n) is 6.23. The maximum absolute atomic E-state index is 10.2. The van der Waals surface area contributed by atoms with Crippen LogP contribution in [-0.4, -0.2) is 26.5 Å². The first-order valence-corrected chi connectivity index (χ1v) is 6.23. The molecule has 0 saturated heterocycles. The third-order valence-electron chi connectivity index (χ3n) is 3.41. The lowest BCUT2D eigenvalue weighted by Gasteiger charge is -2.31. The Bertz CT molecular complexity index is 653. The van der Waals surface area contributed by atoms with E-state index in [0.29, 0.717) is 17.7 Å². The van der Waals surface area contributed by atoms with Gasteiger partial charge in [-0.05, 0) is 29.3 Å². The van der Waals surface area contributed by atoms with Crippen molar-refractivity contribution in [2.24, 2.45) is 0 Å². The molecule has 20 heavy (non-hydrogen) atoms. The molecule has 0 spiro atoms. The smallest absolute Gasteiger partial charge is 0.157 e. The number of phenols is 3. The monoisotopic (exact) mass is 274 g/mol. The summed E-state index contributed by atoms with van der Waals surface area (Å²) in [5.74, 6) is 0.109. The molecule has 1 aliphatic rings. The van der Waals surface area contributed by atoms with Gasteiger partial charge in [-0.25, -0.2) is 0 Å². The van der Waals surface area contributed by atoms with E-state index in [-0.39, 0.29) is 17.2 Å². The molecule has 0 unspecified atom stereocenters. The van der Waals surface area contributed by atoms with Crippen molar-refractivity contribution in [3.63, 3.8) is 0 Å². The zero-order chi connectivity index (χ0) is 14.3. The van der Waals surface area contributed by atoms with Crippen LogP contribution in [0.15, 0.2) is 36.4 Å². The summed E-state index contributed by atoms with van der Waals surface area (Å²) in [7, 11) is 0. The lowest BCUT2D eigenvalue weighted by molar-refractivity contribution is 0.0205. The number of benzene rings is 2. The van der Waals surface area contributed by atoms with E-state index in [4.69, 9.17) is 4.74 Å². The van der Waals surface area contributed by atoms with Gasteiger partial charge in [-0.3, -0.25) is 0 Å². The maximum atomic E-state index is 10.2. The van der Waals surface area contributed by atoms with Crippen LogP contribution in [0.4, 0.5) is 0 Å². The van der Waals surface area contributed by atoms with Gasteiger partial charge >= 0.3 is 0 Å². The summed E-state index contributed by atoms with van der Waals surface area (Å²) in [6.45, 7) is 0. The van der Waals surface area contributed by atoms with Gasteiger partial charge in [0.05, 0.1) is 6.10 Å². The minimum Gasteiger partial charge on any atom is -0.508 e. The molecular formula is C15H14O5. The summed E-state index contributed by atoms with van der Waals surface area (Å²) in [4.78, 5) is 0. The van der Waals surface area contributed by atoms with Crippen molar-refractivity contribution in [3.8, 4) is 23.0 Å². The highest BCUT2D eigenvalue weighted by Crippen LogP contribution is 2.38. The first kappa shape index (κ1) is 12.6. The zero-order valence-corrected chi connectivity index (χ0v) is 10.5. The summed E-state index contributed by atoms with van der Waals surface area (Å²) in [6, 6.07) is 9.03. The average molecular weight is 274 g/mol. The maximum Gasteiger partial charge on any atom is 0.157 e. The standard InChI is InChI=1S/C15H14O5/c16-10-3-1-8-5-13(19)15(20-14(8)7-10)9-2-4-11(17)12(18)6-9/h1-4,6-7,13,15-19H,5H2/t13-,15-/m1/s1. The van der Waals surface area contributed by atoms with E-state index in [0.717, 1.165) is 5.56 Å². The topological polar surface area (TPSA) is 90.2 Å². The van der Waals surface area contributed by atoms with Gasteiger partial charge < -0.3 is 25.2 Å². The number of hydrogen-bond acceptors (Lipinski definition) is 5. The number of aliphatic hydroxyl groups is 1. The lowest BCUT2D eigenvalue weighted by atomic mass is 9.94. The molecule has 5 heteroatoms.